The summed E-state index contributed by atoms with van der Waals surface area (Å²) in [6.45, 7) is 0. The number of benzene rings is 6. The van der Waals surface area contributed by atoms with Crippen LogP contribution < -0.4 is 4.90 Å². The van der Waals surface area contributed by atoms with Gasteiger partial charge in [-0.2, -0.15) is 0 Å². The fraction of sp³-hybridized carbons (Fsp3) is 0. The molecule has 3 heterocycles. The predicted molar refractivity (Wildman–Crippen MR) is 154 cm³/mol. The Morgan fingerprint density at radius 1 is 0.486 bits per heavy atom. The molecule has 3 nitrogen and oxygen atoms in total. The molecule has 9 rings (SSSR count). The highest BCUT2D eigenvalue weighted by Gasteiger charge is 2.30. The van der Waals surface area contributed by atoms with E-state index in [1.165, 1.54) is 38.6 Å². The van der Waals surface area contributed by atoms with E-state index < -0.39 is 0 Å². The van der Waals surface area contributed by atoms with Gasteiger partial charge in [0, 0.05) is 32.6 Å². The summed E-state index contributed by atoms with van der Waals surface area (Å²) in [5.74, 6) is 0. The molecule has 37 heavy (non-hydrogen) atoms. The summed E-state index contributed by atoms with van der Waals surface area (Å²) in [4.78, 5) is 2.40. The standard InChI is InChI=1S/C34H20N2O/c1-2-10-21(11-3-1)35-28-15-7-8-16-29(28)36-27-14-6-4-13-25(27)32-23-18-19-24-22-12-5-9-17-31(22)37-34(24)26(23)20-30(35)33(32)36/h1-20H. The minimum atomic E-state index is 0.923. The van der Waals surface area contributed by atoms with Crippen molar-refractivity contribution in [2.75, 3.05) is 4.90 Å². The number of aromatic nitrogens is 1. The predicted octanol–water partition coefficient (Wildman–Crippen LogP) is 9.62. The zero-order valence-corrected chi connectivity index (χ0v) is 19.8. The molecule has 0 bridgehead atoms. The van der Waals surface area contributed by atoms with Crippen molar-refractivity contribution in [2.45, 2.75) is 0 Å². The Morgan fingerprint density at radius 3 is 2.08 bits per heavy atom. The number of anilines is 3. The first-order chi connectivity index (χ1) is 18.4. The van der Waals surface area contributed by atoms with Gasteiger partial charge >= 0.3 is 0 Å². The molecule has 0 radical (unpaired) electrons. The summed E-state index contributed by atoms with van der Waals surface area (Å²) in [6, 6.07) is 43.3. The molecule has 0 fully saturated rings. The average Bonchev–Trinajstić information content (AvgIpc) is 3.51. The van der Waals surface area contributed by atoms with Crippen molar-refractivity contribution in [2.24, 2.45) is 0 Å². The summed E-state index contributed by atoms with van der Waals surface area (Å²) in [6.07, 6.45) is 0. The Labute approximate surface area is 212 Å². The maximum absolute atomic E-state index is 6.54. The van der Waals surface area contributed by atoms with E-state index in [0.717, 1.165) is 38.7 Å². The van der Waals surface area contributed by atoms with Crippen molar-refractivity contribution in [1.29, 1.82) is 0 Å². The molecule has 2 aromatic heterocycles. The van der Waals surface area contributed by atoms with Gasteiger partial charge in [-0.25, -0.2) is 0 Å². The van der Waals surface area contributed by atoms with Crippen molar-refractivity contribution in [3.8, 4) is 5.69 Å². The van der Waals surface area contributed by atoms with Crippen LogP contribution in [0, 0.1) is 0 Å². The topological polar surface area (TPSA) is 21.3 Å². The van der Waals surface area contributed by atoms with E-state index in [1.807, 2.05) is 6.07 Å². The van der Waals surface area contributed by atoms with Gasteiger partial charge in [0.05, 0.1) is 28.1 Å². The van der Waals surface area contributed by atoms with Gasteiger partial charge in [0.25, 0.3) is 0 Å². The first-order valence-electron chi connectivity index (χ1n) is 12.6. The number of nitrogens with zero attached hydrogens (tertiary/aromatic N) is 2. The Bertz CT molecular complexity index is 2200. The quantitative estimate of drug-likeness (QED) is 0.237. The first-order valence-corrected chi connectivity index (χ1v) is 12.6. The van der Waals surface area contributed by atoms with Crippen LogP contribution >= 0.6 is 0 Å². The Hall–Kier alpha value is -5.02. The molecule has 172 valence electrons. The molecule has 1 aliphatic rings. The molecule has 0 N–H and O–H groups in total. The molecule has 0 aliphatic carbocycles. The van der Waals surface area contributed by atoms with E-state index in [4.69, 9.17) is 4.42 Å². The zero-order chi connectivity index (χ0) is 24.1. The summed E-state index contributed by atoms with van der Waals surface area (Å²) >= 11 is 0. The SMILES string of the molecule is c1ccc(N2c3ccccc3-n3c4ccccc4c4c5ccc6c7ccccc7oc6c5cc2c43)cc1. The monoisotopic (exact) mass is 472 g/mol. The maximum atomic E-state index is 6.54. The van der Waals surface area contributed by atoms with E-state index in [2.05, 4.69) is 125 Å². The van der Waals surface area contributed by atoms with Crippen LogP contribution in [0.25, 0.3) is 60.2 Å². The number of hydrogen-bond acceptors (Lipinski definition) is 2. The highest BCUT2D eigenvalue weighted by Crippen LogP contribution is 2.52. The summed E-state index contributed by atoms with van der Waals surface area (Å²) in [5, 5.41) is 7.18. The average molecular weight is 473 g/mol. The third-order valence-electron chi connectivity index (χ3n) is 7.87. The highest BCUT2D eigenvalue weighted by molar-refractivity contribution is 6.30. The molecule has 0 spiro atoms. The first kappa shape index (κ1) is 19.2. The van der Waals surface area contributed by atoms with Crippen molar-refractivity contribution in [3.05, 3.63) is 121 Å². The molecule has 8 aromatic rings. The molecule has 0 unspecified atom stereocenters. The van der Waals surface area contributed by atoms with Crippen LogP contribution in [0.2, 0.25) is 0 Å². The maximum Gasteiger partial charge on any atom is 0.143 e. The van der Waals surface area contributed by atoms with Crippen molar-refractivity contribution < 1.29 is 4.42 Å². The number of para-hydroxylation sites is 5. The number of hydrogen-bond donors (Lipinski definition) is 0. The van der Waals surface area contributed by atoms with Gasteiger partial charge in [0.2, 0.25) is 0 Å². The molecule has 6 aromatic carbocycles. The largest absolute Gasteiger partial charge is 0.455 e. The number of furan rings is 1. The molecular weight excluding hydrogens is 452 g/mol. The number of rotatable bonds is 1. The molecule has 3 heteroatoms. The summed E-state index contributed by atoms with van der Waals surface area (Å²) in [7, 11) is 0. The Balaban J connectivity index is 1.56. The summed E-state index contributed by atoms with van der Waals surface area (Å²) < 4.78 is 8.98. The van der Waals surface area contributed by atoms with Crippen LogP contribution in [-0.4, -0.2) is 4.57 Å². The lowest BCUT2D eigenvalue weighted by Crippen LogP contribution is -2.18. The van der Waals surface area contributed by atoms with Gasteiger partial charge in [0.15, 0.2) is 0 Å². The van der Waals surface area contributed by atoms with E-state index in [1.54, 1.807) is 0 Å². The Kier molecular flexibility index (Phi) is 3.53. The lowest BCUT2D eigenvalue weighted by molar-refractivity contribution is 0.672. The van der Waals surface area contributed by atoms with Gasteiger partial charge in [0.1, 0.15) is 11.2 Å². The van der Waals surface area contributed by atoms with Gasteiger partial charge in [-0.15, -0.1) is 0 Å². The van der Waals surface area contributed by atoms with Crippen molar-refractivity contribution in [1.82, 2.24) is 4.57 Å². The Morgan fingerprint density at radius 2 is 1.19 bits per heavy atom. The smallest absolute Gasteiger partial charge is 0.143 e. The third kappa shape index (κ3) is 2.36. The molecule has 0 amide bonds. The van der Waals surface area contributed by atoms with Gasteiger partial charge < -0.3 is 13.9 Å². The van der Waals surface area contributed by atoms with Gasteiger partial charge in [-0.1, -0.05) is 72.8 Å². The minimum Gasteiger partial charge on any atom is -0.455 e. The zero-order valence-electron chi connectivity index (χ0n) is 19.8. The molecule has 0 atom stereocenters. The van der Waals surface area contributed by atoms with E-state index in [9.17, 15) is 0 Å². The highest BCUT2D eigenvalue weighted by atomic mass is 16.3. The van der Waals surface area contributed by atoms with Gasteiger partial charge in [-0.05, 0) is 53.9 Å². The van der Waals surface area contributed by atoms with Gasteiger partial charge in [-0.3, -0.25) is 0 Å². The normalized spacial score (nSPS) is 12.8. The minimum absolute atomic E-state index is 0.923. The lowest BCUT2D eigenvalue weighted by atomic mass is 9.98. The fourth-order valence-electron chi connectivity index (χ4n) is 6.38. The second-order valence-electron chi connectivity index (χ2n) is 9.77. The summed E-state index contributed by atoms with van der Waals surface area (Å²) in [5.41, 5.74) is 8.98. The van der Waals surface area contributed by atoms with E-state index in [0.29, 0.717) is 0 Å². The molecule has 0 saturated carbocycles. The van der Waals surface area contributed by atoms with Crippen LogP contribution in [0.4, 0.5) is 17.1 Å². The van der Waals surface area contributed by atoms with E-state index >= 15 is 0 Å². The third-order valence-corrected chi connectivity index (χ3v) is 7.87. The van der Waals surface area contributed by atoms with Crippen LogP contribution in [0.1, 0.15) is 0 Å². The van der Waals surface area contributed by atoms with Crippen molar-refractivity contribution >= 4 is 71.6 Å². The van der Waals surface area contributed by atoms with Crippen LogP contribution in [0.3, 0.4) is 0 Å². The van der Waals surface area contributed by atoms with Crippen LogP contribution in [0.5, 0.6) is 0 Å². The van der Waals surface area contributed by atoms with E-state index in [-0.39, 0.29) is 0 Å². The molecule has 1 aliphatic heterocycles. The lowest BCUT2D eigenvalue weighted by Gasteiger charge is -2.33. The van der Waals surface area contributed by atoms with Crippen LogP contribution in [-0.2, 0) is 0 Å². The second-order valence-corrected chi connectivity index (χ2v) is 9.77. The molecule has 0 saturated heterocycles. The number of fused-ring (bicyclic) bond motifs is 11. The second kappa shape index (κ2) is 6.80. The van der Waals surface area contributed by atoms with Crippen LogP contribution in [0.15, 0.2) is 126 Å². The fourth-order valence-corrected chi connectivity index (χ4v) is 6.38. The van der Waals surface area contributed by atoms with Crippen molar-refractivity contribution in [3.63, 3.8) is 0 Å². The molecular formula is C34H20N2O.